The fourth-order valence-corrected chi connectivity index (χ4v) is 1.07. The maximum atomic E-state index is 10.5. The number of hydrogen-bond donors (Lipinski definition) is 1. The highest BCUT2D eigenvalue weighted by molar-refractivity contribution is 5.87. The smallest absolute Gasteiger partial charge is 0.127 e. The van der Waals surface area contributed by atoms with Gasteiger partial charge in [-0.15, -0.1) is 0 Å². The van der Waals surface area contributed by atoms with Crippen molar-refractivity contribution in [2.75, 3.05) is 6.61 Å². The largest absolute Gasteiger partial charge is 0.545 e. The summed E-state index contributed by atoms with van der Waals surface area (Å²) in [6, 6.07) is 1.38. The maximum absolute atomic E-state index is 10.5. The van der Waals surface area contributed by atoms with Crippen LogP contribution in [0.3, 0.4) is 0 Å². The molecule has 0 fully saturated rings. The monoisotopic (exact) mass is 195 g/mol. The van der Waals surface area contributed by atoms with Gasteiger partial charge in [-0.2, -0.15) is 0 Å². The van der Waals surface area contributed by atoms with Crippen molar-refractivity contribution >= 4 is 12.0 Å². The maximum Gasteiger partial charge on any atom is 0.127 e. The molecule has 0 unspecified atom stereocenters. The van der Waals surface area contributed by atoms with Gasteiger partial charge in [-0.25, -0.2) is 0 Å². The molecule has 0 aromatic carbocycles. The number of carboxylic acid groups (broad SMARTS) is 1. The van der Waals surface area contributed by atoms with Crippen LogP contribution >= 0.6 is 0 Å². The number of aliphatic hydroxyl groups is 1. The van der Waals surface area contributed by atoms with Gasteiger partial charge >= 0.3 is 0 Å². The minimum Gasteiger partial charge on any atom is -0.545 e. The lowest BCUT2D eigenvalue weighted by Crippen LogP contribution is -2.22. The molecule has 0 spiro atoms. The summed E-state index contributed by atoms with van der Waals surface area (Å²) in [6.07, 6.45) is 1.58. The van der Waals surface area contributed by atoms with Crippen LogP contribution in [0.2, 0.25) is 0 Å². The molecule has 0 saturated carbocycles. The molecule has 0 aliphatic rings. The van der Waals surface area contributed by atoms with Gasteiger partial charge in [-0.05, 0) is 31.6 Å². The van der Waals surface area contributed by atoms with Gasteiger partial charge in [0.05, 0.1) is 12.6 Å². The molecule has 1 aromatic rings. The van der Waals surface area contributed by atoms with E-state index in [0.717, 1.165) is 0 Å². The second-order valence-corrected chi connectivity index (χ2v) is 3.05. The zero-order valence-electron chi connectivity index (χ0n) is 8.03. The summed E-state index contributed by atoms with van der Waals surface area (Å²) >= 11 is 0. The van der Waals surface area contributed by atoms with E-state index in [1.807, 2.05) is 0 Å². The number of carbonyl (C=O) groups excluding carboxylic acids is 1. The number of hydrogen-bond acceptors (Lipinski definition) is 4. The molecular weight excluding hydrogens is 184 g/mol. The molecule has 4 heteroatoms. The van der Waals surface area contributed by atoms with Gasteiger partial charge in [0.15, 0.2) is 0 Å². The molecule has 0 atom stereocenters. The Bertz CT molecular complexity index is 373. The molecule has 1 heterocycles. The molecule has 0 saturated heterocycles. The van der Waals surface area contributed by atoms with Gasteiger partial charge < -0.3 is 19.4 Å². The second kappa shape index (κ2) is 4.11. The molecule has 1 N–H and O–H groups in total. The molecule has 0 amide bonds. The first-order chi connectivity index (χ1) is 6.54. The van der Waals surface area contributed by atoms with Crippen LogP contribution < -0.4 is 5.11 Å². The number of carbonyl (C=O) groups is 1. The predicted molar refractivity (Wildman–Crippen MR) is 48.5 cm³/mol. The molecule has 76 valence electrons. The lowest BCUT2D eigenvalue weighted by molar-refractivity contribution is -0.255. The molecule has 0 aliphatic heterocycles. The van der Waals surface area contributed by atoms with Gasteiger partial charge in [0.25, 0.3) is 0 Å². The topological polar surface area (TPSA) is 73.5 Å². The summed E-state index contributed by atoms with van der Waals surface area (Å²) in [6.45, 7) is 3.19. The van der Waals surface area contributed by atoms with E-state index in [0.29, 0.717) is 17.1 Å². The first kappa shape index (κ1) is 10.5. The summed E-state index contributed by atoms with van der Waals surface area (Å²) in [4.78, 5) is 10.5. The molecule has 0 radical (unpaired) electrons. The van der Waals surface area contributed by atoms with E-state index in [9.17, 15) is 9.90 Å². The van der Waals surface area contributed by atoms with Crippen LogP contribution in [-0.2, 0) is 0 Å². The van der Waals surface area contributed by atoms with Gasteiger partial charge in [0, 0.05) is 5.56 Å². The van der Waals surface area contributed by atoms with Gasteiger partial charge in [0.1, 0.15) is 11.5 Å². The van der Waals surface area contributed by atoms with Crippen LogP contribution in [0.15, 0.2) is 16.1 Å². The lowest BCUT2D eigenvalue weighted by atomic mass is 10.2. The Morgan fingerprint density at radius 1 is 1.71 bits per heavy atom. The van der Waals surface area contributed by atoms with Crippen molar-refractivity contribution in [3.63, 3.8) is 0 Å². The van der Waals surface area contributed by atoms with Crippen LogP contribution in [0.1, 0.15) is 28.8 Å². The van der Waals surface area contributed by atoms with E-state index < -0.39 is 5.97 Å². The van der Waals surface area contributed by atoms with Gasteiger partial charge in [-0.1, -0.05) is 0 Å². The van der Waals surface area contributed by atoms with E-state index in [1.54, 1.807) is 19.9 Å². The Morgan fingerprint density at radius 3 is 2.79 bits per heavy atom. The Balaban J connectivity index is 3.03. The molecule has 0 aliphatic carbocycles. The zero-order valence-corrected chi connectivity index (χ0v) is 8.03. The highest BCUT2D eigenvalue weighted by Crippen LogP contribution is 2.16. The van der Waals surface area contributed by atoms with Crippen molar-refractivity contribution < 1.29 is 19.4 Å². The van der Waals surface area contributed by atoms with Crippen LogP contribution in [0.25, 0.3) is 6.08 Å². The molecule has 4 nitrogen and oxygen atoms in total. The fourth-order valence-electron chi connectivity index (χ4n) is 1.07. The first-order valence-corrected chi connectivity index (χ1v) is 4.14. The molecular formula is C10H11O4-. The Kier molecular flexibility index (Phi) is 3.09. The van der Waals surface area contributed by atoms with Crippen molar-refractivity contribution in [1.29, 1.82) is 0 Å². The SMILES string of the molecule is CC(=Cc1cc(C(=O)[O-])c(C)o1)CO. The lowest BCUT2D eigenvalue weighted by Gasteiger charge is -1.95. The third kappa shape index (κ3) is 2.23. The van der Waals surface area contributed by atoms with Crippen LogP contribution in [-0.4, -0.2) is 17.7 Å². The highest BCUT2D eigenvalue weighted by atomic mass is 16.4. The first-order valence-electron chi connectivity index (χ1n) is 4.14. The standard InChI is InChI=1S/C10H12O4/c1-6(5-11)3-8-4-9(10(12)13)7(2)14-8/h3-4,11H,5H2,1-2H3,(H,12,13)/p-1. The summed E-state index contributed by atoms with van der Waals surface area (Å²) in [7, 11) is 0. The van der Waals surface area contributed by atoms with Crippen molar-refractivity contribution in [3.8, 4) is 0 Å². The quantitative estimate of drug-likeness (QED) is 0.755. The van der Waals surface area contributed by atoms with Crippen molar-refractivity contribution in [1.82, 2.24) is 0 Å². The normalized spacial score (nSPS) is 11.8. The third-order valence-electron chi connectivity index (χ3n) is 1.79. The second-order valence-electron chi connectivity index (χ2n) is 3.05. The van der Waals surface area contributed by atoms with Crippen LogP contribution in [0, 0.1) is 6.92 Å². The van der Waals surface area contributed by atoms with Crippen LogP contribution in [0.4, 0.5) is 0 Å². The van der Waals surface area contributed by atoms with Crippen molar-refractivity contribution in [2.24, 2.45) is 0 Å². The van der Waals surface area contributed by atoms with E-state index in [4.69, 9.17) is 9.52 Å². The number of carboxylic acids is 1. The van der Waals surface area contributed by atoms with E-state index in [2.05, 4.69) is 0 Å². The fraction of sp³-hybridized carbons (Fsp3) is 0.300. The summed E-state index contributed by atoms with van der Waals surface area (Å²) in [5.41, 5.74) is 0.741. The number of furan rings is 1. The minimum atomic E-state index is -1.26. The Labute approximate surface area is 81.5 Å². The van der Waals surface area contributed by atoms with Crippen molar-refractivity contribution in [2.45, 2.75) is 13.8 Å². The molecule has 1 rings (SSSR count). The predicted octanol–water partition coefficient (Wildman–Crippen LogP) is 0.347. The highest BCUT2D eigenvalue weighted by Gasteiger charge is 2.06. The Hall–Kier alpha value is -1.55. The molecule has 0 bridgehead atoms. The third-order valence-corrected chi connectivity index (χ3v) is 1.79. The zero-order chi connectivity index (χ0) is 10.7. The summed E-state index contributed by atoms with van der Waals surface area (Å²) < 4.78 is 5.14. The molecule has 1 aromatic heterocycles. The van der Waals surface area contributed by atoms with E-state index in [1.165, 1.54) is 6.07 Å². The number of rotatable bonds is 3. The number of aliphatic hydroxyl groups excluding tert-OH is 1. The van der Waals surface area contributed by atoms with E-state index >= 15 is 0 Å². The number of aryl methyl sites for hydroxylation is 1. The molecule has 14 heavy (non-hydrogen) atoms. The minimum absolute atomic E-state index is 0.0435. The number of aromatic carboxylic acids is 1. The summed E-state index contributed by atoms with van der Waals surface area (Å²) in [5, 5.41) is 19.3. The van der Waals surface area contributed by atoms with Crippen molar-refractivity contribution in [3.05, 3.63) is 28.7 Å². The van der Waals surface area contributed by atoms with Gasteiger partial charge in [0.2, 0.25) is 0 Å². The summed E-state index contributed by atoms with van der Waals surface area (Å²) in [5.74, 6) is -0.539. The van der Waals surface area contributed by atoms with E-state index in [-0.39, 0.29) is 12.2 Å². The Morgan fingerprint density at radius 2 is 2.36 bits per heavy atom. The average molecular weight is 195 g/mol. The average Bonchev–Trinajstić information content (AvgIpc) is 2.46. The van der Waals surface area contributed by atoms with Gasteiger partial charge in [-0.3, -0.25) is 0 Å². The van der Waals surface area contributed by atoms with Crippen LogP contribution in [0.5, 0.6) is 0 Å².